The van der Waals surface area contributed by atoms with E-state index in [1.54, 1.807) is 18.2 Å². The van der Waals surface area contributed by atoms with Crippen LogP contribution in [0.25, 0.3) is 6.08 Å². The first kappa shape index (κ1) is 23.1. The molecule has 1 aliphatic rings. The van der Waals surface area contributed by atoms with Crippen molar-refractivity contribution >= 4 is 63.9 Å². The zero-order valence-electron chi connectivity index (χ0n) is 17.0. The van der Waals surface area contributed by atoms with Gasteiger partial charge >= 0.3 is 0 Å². The normalized spacial score (nSPS) is 14.7. The van der Waals surface area contributed by atoms with Crippen LogP contribution in [0.5, 0.6) is 0 Å². The van der Waals surface area contributed by atoms with Gasteiger partial charge in [-0.15, -0.1) is 0 Å². The van der Waals surface area contributed by atoms with E-state index in [-0.39, 0.29) is 10.6 Å². The predicted molar refractivity (Wildman–Crippen MR) is 130 cm³/mol. The van der Waals surface area contributed by atoms with E-state index in [2.05, 4.69) is 5.32 Å². The van der Waals surface area contributed by atoms with Gasteiger partial charge in [0.15, 0.2) is 0 Å². The molecule has 0 saturated carbocycles. The molecule has 3 aromatic rings. The topological polar surface area (TPSA) is 66.5 Å². The molecule has 1 fully saturated rings. The Balaban J connectivity index is 1.49. The summed E-state index contributed by atoms with van der Waals surface area (Å²) in [6.07, 6.45) is 1.65. The number of benzene rings is 3. The van der Waals surface area contributed by atoms with Crippen LogP contribution in [-0.4, -0.2) is 28.5 Å². The molecular formula is C24H16ClFN2O3S2. The summed E-state index contributed by atoms with van der Waals surface area (Å²) >= 11 is 8.23. The van der Waals surface area contributed by atoms with Gasteiger partial charge in [0.2, 0.25) is 5.91 Å². The number of nitrogens with one attached hydrogen (secondary N) is 1. The highest BCUT2D eigenvalue weighted by atomic mass is 35.5. The third kappa shape index (κ3) is 5.84. The Labute approximate surface area is 203 Å². The number of carbonyl (C=O) groups is 3. The van der Waals surface area contributed by atoms with Crippen LogP contribution < -0.4 is 5.32 Å². The second kappa shape index (κ2) is 10.2. The van der Waals surface area contributed by atoms with Crippen molar-refractivity contribution in [1.82, 2.24) is 4.90 Å². The lowest BCUT2D eigenvalue weighted by atomic mass is 10.2. The molecule has 4 rings (SSSR count). The standard InChI is InChI=1S/C24H16ClFN2O3S2/c25-16-8-10-19(11-9-16)32-20-7-2-1-4-15(20)12-21-23(30)28(24(31)33-21)14-22(29)27-18-6-3-5-17(26)13-18/h1-13H,14H2,(H,27,29)/b21-12-. The lowest BCUT2D eigenvalue weighted by Crippen LogP contribution is -2.36. The SMILES string of the molecule is O=C(CN1C(=O)S/C(=C\c2ccccc2Sc2ccc(Cl)cc2)C1=O)Nc1cccc(F)c1. The summed E-state index contributed by atoms with van der Waals surface area (Å²) in [5.41, 5.74) is 1.02. The van der Waals surface area contributed by atoms with Gasteiger partial charge in [-0.1, -0.05) is 47.6 Å². The van der Waals surface area contributed by atoms with Crippen molar-refractivity contribution in [3.8, 4) is 0 Å². The van der Waals surface area contributed by atoms with E-state index < -0.39 is 29.4 Å². The van der Waals surface area contributed by atoms with Gasteiger partial charge in [-0.3, -0.25) is 19.3 Å². The first-order chi connectivity index (χ1) is 15.9. The van der Waals surface area contributed by atoms with Crippen molar-refractivity contribution in [2.24, 2.45) is 0 Å². The van der Waals surface area contributed by atoms with Gasteiger partial charge in [0.1, 0.15) is 12.4 Å². The smallest absolute Gasteiger partial charge is 0.294 e. The number of carbonyl (C=O) groups excluding carboxylic acids is 3. The van der Waals surface area contributed by atoms with E-state index in [0.29, 0.717) is 5.02 Å². The molecule has 0 atom stereocenters. The fourth-order valence-corrected chi connectivity index (χ4v) is 4.88. The monoisotopic (exact) mass is 498 g/mol. The first-order valence-corrected chi connectivity index (χ1v) is 11.7. The van der Waals surface area contributed by atoms with Crippen molar-refractivity contribution in [3.05, 3.63) is 94.1 Å². The van der Waals surface area contributed by atoms with Crippen LogP contribution in [0, 0.1) is 5.82 Å². The Bertz CT molecular complexity index is 1260. The molecule has 9 heteroatoms. The number of rotatable bonds is 6. The number of thioether (sulfide) groups is 1. The first-order valence-electron chi connectivity index (χ1n) is 9.72. The van der Waals surface area contributed by atoms with Gasteiger partial charge in [0.25, 0.3) is 11.1 Å². The zero-order valence-corrected chi connectivity index (χ0v) is 19.3. The zero-order chi connectivity index (χ0) is 23.4. The maximum Gasteiger partial charge on any atom is 0.294 e. The van der Waals surface area contributed by atoms with Crippen LogP contribution in [0.3, 0.4) is 0 Å². The molecule has 3 amide bonds. The molecular weight excluding hydrogens is 483 g/mol. The second-order valence-corrected chi connectivity index (χ2v) is 9.47. The van der Waals surface area contributed by atoms with Gasteiger partial charge in [-0.25, -0.2) is 4.39 Å². The van der Waals surface area contributed by atoms with E-state index in [9.17, 15) is 18.8 Å². The number of hydrogen-bond acceptors (Lipinski definition) is 5. The van der Waals surface area contributed by atoms with Gasteiger partial charge in [-0.2, -0.15) is 0 Å². The molecule has 3 aromatic carbocycles. The molecule has 0 spiro atoms. The van der Waals surface area contributed by atoms with E-state index in [1.165, 1.54) is 30.0 Å². The highest BCUT2D eigenvalue weighted by Gasteiger charge is 2.36. The van der Waals surface area contributed by atoms with E-state index in [4.69, 9.17) is 11.6 Å². The minimum absolute atomic E-state index is 0.225. The Morgan fingerprint density at radius 2 is 1.82 bits per heavy atom. The van der Waals surface area contributed by atoms with Crippen LogP contribution in [0.4, 0.5) is 14.9 Å². The lowest BCUT2D eigenvalue weighted by Gasteiger charge is -2.12. The maximum absolute atomic E-state index is 13.3. The van der Waals surface area contributed by atoms with Gasteiger partial charge < -0.3 is 5.32 Å². The molecule has 1 aliphatic heterocycles. The van der Waals surface area contributed by atoms with E-state index >= 15 is 0 Å². The van der Waals surface area contributed by atoms with Gasteiger partial charge in [0.05, 0.1) is 4.91 Å². The van der Waals surface area contributed by atoms with Crippen LogP contribution in [0.2, 0.25) is 5.02 Å². The largest absolute Gasteiger partial charge is 0.324 e. The molecule has 1 heterocycles. The summed E-state index contributed by atoms with van der Waals surface area (Å²) < 4.78 is 13.3. The minimum atomic E-state index is -0.595. The van der Waals surface area contributed by atoms with E-state index in [1.807, 2.05) is 36.4 Å². The van der Waals surface area contributed by atoms with Gasteiger partial charge in [0, 0.05) is 20.5 Å². The number of halogens is 2. The van der Waals surface area contributed by atoms with Crippen molar-refractivity contribution < 1.29 is 18.8 Å². The van der Waals surface area contributed by atoms with Crippen molar-refractivity contribution in [2.45, 2.75) is 9.79 Å². The van der Waals surface area contributed by atoms with Gasteiger partial charge in [-0.05, 0) is 71.9 Å². The van der Waals surface area contributed by atoms with E-state index in [0.717, 1.165) is 38.1 Å². The Hall–Kier alpha value is -3.07. The molecule has 1 saturated heterocycles. The average molecular weight is 499 g/mol. The quantitative estimate of drug-likeness (QED) is 0.404. The van der Waals surface area contributed by atoms with Crippen molar-refractivity contribution in [3.63, 3.8) is 0 Å². The second-order valence-electron chi connectivity index (χ2n) is 6.92. The summed E-state index contributed by atoms with van der Waals surface area (Å²) in [5.74, 6) is -1.65. The Kier molecular flexibility index (Phi) is 7.17. The van der Waals surface area contributed by atoms with Crippen LogP contribution in [0.15, 0.2) is 87.5 Å². The van der Waals surface area contributed by atoms with Crippen LogP contribution in [-0.2, 0) is 9.59 Å². The third-order valence-electron chi connectivity index (χ3n) is 4.53. The lowest BCUT2D eigenvalue weighted by molar-refractivity contribution is -0.127. The Morgan fingerprint density at radius 1 is 1.06 bits per heavy atom. The molecule has 166 valence electrons. The fraction of sp³-hybridized carbons (Fsp3) is 0.0417. The molecule has 1 N–H and O–H groups in total. The minimum Gasteiger partial charge on any atom is -0.324 e. The third-order valence-corrected chi connectivity index (χ3v) is 6.79. The van der Waals surface area contributed by atoms with Crippen LogP contribution >= 0.6 is 35.1 Å². The number of hydrogen-bond donors (Lipinski definition) is 1. The van der Waals surface area contributed by atoms with Crippen molar-refractivity contribution in [2.75, 3.05) is 11.9 Å². The van der Waals surface area contributed by atoms with Crippen molar-refractivity contribution in [1.29, 1.82) is 0 Å². The fourth-order valence-electron chi connectivity index (χ4n) is 3.01. The summed E-state index contributed by atoms with van der Waals surface area (Å²) in [4.78, 5) is 40.5. The molecule has 0 unspecified atom stereocenters. The summed E-state index contributed by atoms with van der Waals surface area (Å²) in [6, 6.07) is 20.3. The average Bonchev–Trinajstić information content (AvgIpc) is 3.04. The number of amides is 3. The molecule has 0 aliphatic carbocycles. The Morgan fingerprint density at radius 3 is 2.58 bits per heavy atom. The molecule has 0 bridgehead atoms. The highest BCUT2D eigenvalue weighted by molar-refractivity contribution is 8.18. The summed E-state index contributed by atoms with van der Waals surface area (Å²) in [6.45, 7) is -0.459. The number of imide groups is 1. The molecule has 5 nitrogen and oxygen atoms in total. The number of nitrogens with zero attached hydrogens (tertiary/aromatic N) is 1. The summed E-state index contributed by atoms with van der Waals surface area (Å²) in [7, 11) is 0. The molecule has 0 radical (unpaired) electrons. The molecule has 0 aromatic heterocycles. The summed E-state index contributed by atoms with van der Waals surface area (Å²) in [5, 5.41) is 2.59. The predicted octanol–water partition coefficient (Wildman–Crippen LogP) is 6.31. The van der Waals surface area contributed by atoms with Crippen LogP contribution in [0.1, 0.15) is 5.56 Å². The molecule has 33 heavy (non-hydrogen) atoms. The highest BCUT2D eigenvalue weighted by Crippen LogP contribution is 2.36. The maximum atomic E-state index is 13.3. The number of anilines is 1.